The summed E-state index contributed by atoms with van der Waals surface area (Å²) in [5.74, 6) is -0.608. The van der Waals surface area contributed by atoms with Gasteiger partial charge in [0.15, 0.2) is 6.10 Å². The molecule has 6 heteroatoms. The van der Waals surface area contributed by atoms with E-state index in [-0.39, 0.29) is 6.42 Å². The van der Waals surface area contributed by atoms with Crippen LogP contribution in [0.2, 0.25) is 0 Å². The number of carbonyl (C=O) groups is 2. The minimum Gasteiger partial charge on any atom is -0.489 e. The molecule has 0 aromatic heterocycles. The minimum atomic E-state index is -1.38. The van der Waals surface area contributed by atoms with Crippen LogP contribution in [0, 0.1) is 0 Å². The van der Waals surface area contributed by atoms with Gasteiger partial charge in [0.25, 0.3) is 5.91 Å². The van der Waals surface area contributed by atoms with E-state index in [1.807, 2.05) is 54.6 Å². The molecule has 0 unspecified atom stereocenters. The Bertz CT molecular complexity index is 991. The highest BCUT2D eigenvalue weighted by atomic mass is 16.5. The van der Waals surface area contributed by atoms with E-state index in [2.05, 4.69) is 5.32 Å². The van der Waals surface area contributed by atoms with Gasteiger partial charge in [-0.3, -0.25) is 4.79 Å². The van der Waals surface area contributed by atoms with Gasteiger partial charge in [-0.1, -0.05) is 72.8 Å². The molecule has 0 saturated carbocycles. The minimum absolute atomic E-state index is 0.197. The standard InChI is InChI=1S/C25H25NO5/c1-30-25(29)22(26-24(28)23(27)20-12-6-3-7-13-20)16-19-11-8-14-21(15-19)31-17-18-9-4-2-5-10-18/h2-15,22-23,27H,16-17H2,1H3,(H,26,28)/t22-,23-/m0/s1. The predicted molar refractivity (Wildman–Crippen MR) is 116 cm³/mol. The van der Waals surface area contributed by atoms with Crippen molar-refractivity contribution in [1.82, 2.24) is 5.32 Å². The van der Waals surface area contributed by atoms with Crippen LogP contribution in [0.15, 0.2) is 84.9 Å². The van der Waals surface area contributed by atoms with Crippen molar-refractivity contribution in [3.05, 3.63) is 102 Å². The highest BCUT2D eigenvalue weighted by Gasteiger charge is 2.26. The van der Waals surface area contributed by atoms with Gasteiger partial charge >= 0.3 is 5.97 Å². The number of methoxy groups -OCH3 is 1. The molecule has 0 aliphatic heterocycles. The van der Waals surface area contributed by atoms with Crippen molar-refractivity contribution < 1.29 is 24.2 Å². The third-order valence-corrected chi connectivity index (χ3v) is 4.75. The average Bonchev–Trinajstić information content (AvgIpc) is 2.82. The van der Waals surface area contributed by atoms with Crippen molar-refractivity contribution in [1.29, 1.82) is 0 Å². The predicted octanol–water partition coefficient (Wildman–Crippen LogP) is 3.20. The van der Waals surface area contributed by atoms with E-state index in [1.165, 1.54) is 7.11 Å². The number of aliphatic hydroxyl groups is 1. The molecular weight excluding hydrogens is 394 g/mol. The summed E-state index contributed by atoms with van der Waals surface area (Å²) < 4.78 is 10.7. The first-order valence-corrected chi connectivity index (χ1v) is 9.93. The van der Waals surface area contributed by atoms with Crippen LogP contribution in [0.3, 0.4) is 0 Å². The van der Waals surface area contributed by atoms with Gasteiger partial charge in [-0.2, -0.15) is 0 Å². The molecule has 2 atom stereocenters. The molecule has 1 amide bonds. The molecule has 0 aliphatic rings. The summed E-state index contributed by atoms with van der Waals surface area (Å²) >= 11 is 0. The molecule has 0 radical (unpaired) electrons. The molecule has 0 aliphatic carbocycles. The number of carbonyl (C=O) groups excluding carboxylic acids is 2. The third-order valence-electron chi connectivity index (χ3n) is 4.75. The molecule has 2 N–H and O–H groups in total. The Morgan fingerprint density at radius 1 is 0.903 bits per heavy atom. The number of aliphatic hydroxyl groups excluding tert-OH is 1. The van der Waals surface area contributed by atoms with Crippen LogP contribution in [-0.4, -0.2) is 30.1 Å². The topological polar surface area (TPSA) is 84.9 Å². The Kier molecular flexibility index (Phi) is 7.79. The van der Waals surface area contributed by atoms with Gasteiger partial charge < -0.3 is 19.9 Å². The molecule has 0 saturated heterocycles. The number of esters is 1. The highest BCUT2D eigenvalue weighted by Crippen LogP contribution is 2.18. The second kappa shape index (κ2) is 10.9. The van der Waals surface area contributed by atoms with Crippen molar-refractivity contribution >= 4 is 11.9 Å². The van der Waals surface area contributed by atoms with Gasteiger partial charge in [0, 0.05) is 6.42 Å². The van der Waals surface area contributed by atoms with Crippen LogP contribution in [0.25, 0.3) is 0 Å². The van der Waals surface area contributed by atoms with E-state index in [1.54, 1.807) is 30.3 Å². The summed E-state index contributed by atoms with van der Waals surface area (Å²) in [6, 6.07) is 24.7. The number of ether oxygens (including phenoxy) is 2. The van der Waals surface area contributed by atoms with E-state index < -0.39 is 24.0 Å². The Morgan fingerprint density at radius 3 is 2.23 bits per heavy atom. The average molecular weight is 419 g/mol. The molecule has 3 rings (SSSR count). The van der Waals surface area contributed by atoms with Gasteiger partial charge in [-0.25, -0.2) is 4.79 Å². The molecule has 0 fully saturated rings. The highest BCUT2D eigenvalue weighted by molar-refractivity contribution is 5.87. The van der Waals surface area contributed by atoms with Crippen LogP contribution < -0.4 is 10.1 Å². The molecule has 0 bridgehead atoms. The van der Waals surface area contributed by atoms with Gasteiger partial charge in [-0.15, -0.1) is 0 Å². The summed E-state index contributed by atoms with van der Waals surface area (Å²) in [5, 5.41) is 12.9. The number of hydrogen-bond donors (Lipinski definition) is 2. The summed E-state index contributed by atoms with van der Waals surface area (Å²) in [5.41, 5.74) is 2.28. The molecule has 0 heterocycles. The number of amides is 1. The smallest absolute Gasteiger partial charge is 0.328 e. The summed E-state index contributed by atoms with van der Waals surface area (Å²) in [7, 11) is 1.26. The van der Waals surface area contributed by atoms with Crippen molar-refractivity contribution in [3.63, 3.8) is 0 Å². The second-order valence-corrected chi connectivity index (χ2v) is 7.02. The lowest BCUT2D eigenvalue weighted by atomic mass is 10.0. The Labute approximate surface area is 181 Å². The maximum Gasteiger partial charge on any atom is 0.328 e. The van der Waals surface area contributed by atoms with Crippen molar-refractivity contribution in [3.8, 4) is 5.75 Å². The molecule has 3 aromatic rings. The lowest BCUT2D eigenvalue weighted by Crippen LogP contribution is -2.45. The first kappa shape index (κ1) is 22.1. The Morgan fingerprint density at radius 2 is 1.55 bits per heavy atom. The van der Waals surface area contributed by atoms with E-state index in [0.29, 0.717) is 17.9 Å². The Hall–Kier alpha value is -3.64. The first-order chi connectivity index (χ1) is 15.1. The SMILES string of the molecule is COC(=O)[C@H](Cc1cccc(OCc2ccccc2)c1)NC(=O)[C@@H](O)c1ccccc1. The van der Waals surface area contributed by atoms with Gasteiger partial charge in [0.05, 0.1) is 7.11 Å². The van der Waals surface area contributed by atoms with Gasteiger partial charge in [-0.05, 0) is 28.8 Å². The van der Waals surface area contributed by atoms with Crippen LogP contribution >= 0.6 is 0 Å². The third kappa shape index (κ3) is 6.42. The quantitative estimate of drug-likeness (QED) is 0.521. The van der Waals surface area contributed by atoms with E-state index in [4.69, 9.17) is 9.47 Å². The molecule has 6 nitrogen and oxygen atoms in total. The van der Waals surface area contributed by atoms with Crippen LogP contribution in [0.4, 0.5) is 0 Å². The summed E-state index contributed by atoms with van der Waals surface area (Å²) in [4.78, 5) is 24.8. The van der Waals surface area contributed by atoms with Crippen molar-refractivity contribution in [2.45, 2.75) is 25.2 Å². The molecule has 31 heavy (non-hydrogen) atoms. The maximum absolute atomic E-state index is 12.5. The number of hydrogen-bond acceptors (Lipinski definition) is 5. The normalized spacial score (nSPS) is 12.5. The lowest BCUT2D eigenvalue weighted by molar-refractivity contribution is -0.146. The Balaban J connectivity index is 1.66. The first-order valence-electron chi connectivity index (χ1n) is 9.93. The van der Waals surface area contributed by atoms with E-state index in [0.717, 1.165) is 11.1 Å². The molecule has 3 aromatic carbocycles. The molecule has 160 valence electrons. The van der Waals surface area contributed by atoms with Gasteiger partial charge in [0.2, 0.25) is 0 Å². The number of rotatable bonds is 9. The van der Waals surface area contributed by atoms with Crippen LogP contribution in [0.1, 0.15) is 22.8 Å². The number of benzene rings is 3. The van der Waals surface area contributed by atoms with Crippen molar-refractivity contribution in [2.75, 3.05) is 7.11 Å². The van der Waals surface area contributed by atoms with Crippen LogP contribution in [-0.2, 0) is 27.4 Å². The van der Waals surface area contributed by atoms with Crippen molar-refractivity contribution in [2.24, 2.45) is 0 Å². The zero-order valence-electron chi connectivity index (χ0n) is 17.2. The fourth-order valence-corrected chi connectivity index (χ4v) is 3.11. The lowest BCUT2D eigenvalue weighted by Gasteiger charge is -2.19. The monoisotopic (exact) mass is 419 g/mol. The largest absolute Gasteiger partial charge is 0.489 e. The fraction of sp³-hybridized carbons (Fsp3) is 0.200. The zero-order chi connectivity index (χ0) is 22.1. The second-order valence-electron chi connectivity index (χ2n) is 7.02. The summed E-state index contributed by atoms with van der Waals surface area (Å²) in [6.07, 6.45) is -1.18. The fourth-order valence-electron chi connectivity index (χ4n) is 3.11. The number of nitrogens with one attached hydrogen (secondary N) is 1. The summed E-state index contributed by atoms with van der Waals surface area (Å²) in [6.45, 7) is 0.421. The van der Waals surface area contributed by atoms with E-state index in [9.17, 15) is 14.7 Å². The zero-order valence-corrected chi connectivity index (χ0v) is 17.2. The molecule has 0 spiro atoms. The van der Waals surface area contributed by atoms with E-state index >= 15 is 0 Å². The van der Waals surface area contributed by atoms with Gasteiger partial charge in [0.1, 0.15) is 18.4 Å². The maximum atomic E-state index is 12.5. The molecular formula is C25H25NO5. The van der Waals surface area contributed by atoms with Crippen LogP contribution in [0.5, 0.6) is 5.75 Å².